The summed E-state index contributed by atoms with van der Waals surface area (Å²) < 4.78 is 6.26. The number of hydrogen-bond acceptors (Lipinski definition) is 1. The topological polar surface area (TPSA) is 12.9 Å². The van der Waals surface area contributed by atoms with E-state index in [0.717, 1.165) is 0 Å². The molecular weight excluding hydrogens is 325 g/mol. The Morgan fingerprint density at radius 2 is 1.61 bits per heavy atom. The molecule has 0 aliphatic heterocycles. The minimum atomic E-state index is -2.13. The molecule has 0 atom stereocenters. The first kappa shape index (κ1) is 16.0. The number of hydrogen-bond donors (Lipinski definition) is 0. The summed E-state index contributed by atoms with van der Waals surface area (Å²) >= 11 is -2.13. The first-order valence-corrected chi connectivity index (χ1v) is 15.2. The van der Waals surface area contributed by atoms with Gasteiger partial charge in [0.2, 0.25) is 0 Å². The number of unbranched alkanes of at least 4 members (excludes halogenated alkanes) is 2. The van der Waals surface area contributed by atoms with Gasteiger partial charge in [-0.1, -0.05) is 0 Å². The van der Waals surface area contributed by atoms with E-state index in [-0.39, 0.29) is 0 Å². The molecule has 1 aromatic heterocycles. The summed E-state index contributed by atoms with van der Waals surface area (Å²) in [4.78, 5) is 4.40. The van der Waals surface area contributed by atoms with Gasteiger partial charge in [0.15, 0.2) is 0 Å². The molecule has 102 valence electrons. The van der Waals surface area contributed by atoms with Gasteiger partial charge in [-0.05, 0) is 0 Å². The predicted molar refractivity (Wildman–Crippen MR) is 84.2 cm³/mol. The van der Waals surface area contributed by atoms with Crippen molar-refractivity contribution < 1.29 is 0 Å². The van der Waals surface area contributed by atoms with Crippen LogP contribution in [0.3, 0.4) is 0 Å². The van der Waals surface area contributed by atoms with E-state index in [0.29, 0.717) is 0 Å². The molecule has 0 aliphatic carbocycles. The van der Waals surface area contributed by atoms with E-state index in [1.807, 2.05) is 6.20 Å². The third-order valence-electron chi connectivity index (χ3n) is 4.02. The second kappa shape index (κ2) is 8.95. The van der Waals surface area contributed by atoms with Crippen molar-refractivity contribution in [2.75, 3.05) is 0 Å². The Morgan fingerprint density at radius 1 is 0.944 bits per heavy atom. The Kier molecular flexibility index (Phi) is 7.96. The van der Waals surface area contributed by atoms with E-state index in [9.17, 15) is 0 Å². The molecule has 18 heavy (non-hydrogen) atoms. The molecule has 0 unspecified atom stereocenters. The van der Waals surface area contributed by atoms with Gasteiger partial charge in [0, 0.05) is 0 Å². The van der Waals surface area contributed by atoms with Crippen LogP contribution in [0.15, 0.2) is 24.5 Å². The molecule has 0 aromatic carbocycles. The van der Waals surface area contributed by atoms with Crippen LogP contribution in [0.5, 0.6) is 0 Å². The van der Waals surface area contributed by atoms with Gasteiger partial charge >= 0.3 is 118 Å². The van der Waals surface area contributed by atoms with E-state index in [1.54, 1.807) is 3.58 Å². The molecule has 0 aliphatic rings. The number of rotatable bonds is 9. The summed E-state index contributed by atoms with van der Waals surface area (Å²) in [7, 11) is 0. The normalized spacial score (nSPS) is 11.7. The van der Waals surface area contributed by atoms with Gasteiger partial charge in [-0.3, -0.25) is 0 Å². The molecule has 0 radical (unpaired) electrons. The summed E-state index contributed by atoms with van der Waals surface area (Å²) in [5.74, 6) is 0. The number of aromatic nitrogens is 1. The van der Waals surface area contributed by atoms with Gasteiger partial charge in [-0.15, -0.1) is 0 Å². The first-order chi connectivity index (χ1) is 8.79. The molecule has 1 nitrogen and oxygen atoms in total. The second-order valence-electron chi connectivity index (χ2n) is 5.48. The van der Waals surface area contributed by atoms with Gasteiger partial charge in [0.05, 0.1) is 0 Å². The fraction of sp³-hybridized carbons (Fsp3) is 0.688. The maximum absolute atomic E-state index is 4.40. The van der Waals surface area contributed by atoms with Crippen LogP contribution in [-0.2, 0) is 0 Å². The van der Waals surface area contributed by atoms with Crippen molar-refractivity contribution in [3.8, 4) is 0 Å². The van der Waals surface area contributed by atoms with Gasteiger partial charge in [0.1, 0.15) is 0 Å². The Morgan fingerprint density at radius 3 is 2.06 bits per heavy atom. The monoisotopic (exact) mass is 355 g/mol. The van der Waals surface area contributed by atoms with Crippen LogP contribution in [-0.4, -0.2) is 23.4 Å². The summed E-state index contributed by atoms with van der Waals surface area (Å²) in [5.41, 5.74) is 0. The van der Waals surface area contributed by atoms with Crippen LogP contribution in [0, 0.1) is 0 Å². The maximum atomic E-state index is 4.40. The average molecular weight is 354 g/mol. The van der Waals surface area contributed by atoms with Gasteiger partial charge < -0.3 is 0 Å². The number of pyridine rings is 1. The summed E-state index contributed by atoms with van der Waals surface area (Å²) in [6, 6.07) is 4.53. The Bertz CT molecular complexity index is 302. The summed E-state index contributed by atoms with van der Waals surface area (Å²) in [6.45, 7) is 7.01. The minimum absolute atomic E-state index is 1.34. The van der Waals surface area contributed by atoms with Crippen LogP contribution in [0.4, 0.5) is 0 Å². The molecule has 0 fully saturated rings. The second-order valence-corrected chi connectivity index (χ2v) is 18.7. The quantitative estimate of drug-likeness (QED) is 0.584. The molecule has 1 rings (SSSR count). The zero-order chi connectivity index (χ0) is 13.3. The summed E-state index contributed by atoms with van der Waals surface area (Å²) in [6.07, 6.45) is 11.0. The van der Waals surface area contributed by atoms with Crippen molar-refractivity contribution in [1.29, 1.82) is 0 Å². The van der Waals surface area contributed by atoms with E-state index in [1.165, 1.54) is 45.4 Å². The van der Waals surface area contributed by atoms with E-state index >= 15 is 0 Å². The molecule has 0 saturated heterocycles. The molecular formula is C16H29NSn. The van der Waals surface area contributed by atoms with Crippen LogP contribution in [0.2, 0.25) is 13.3 Å². The molecule has 0 spiro atoms. The van der Waals surface area contributed by atoms with Crippen LogP contribution >= 0.6 is 0 Å². The zero-order valence-corrected chi connectivity index (χ0v) is 15.3. The van der Waals surface area contributed by atoms with E-state index in [2.05, 4.69) is 44.1 Å². The third kappa shape index (κ3) is 4.56. The molecule has 0 N–H and O–H groups in total. The first-order valence-electron chi connectivity index (χ1n) is 7.69. The van der Waals surface area contributed by atoms with E-state index < -0.39 is 18.4 Å². The van der Waals surface area contributed by atoms with Crippen molar-refractivity contribution in [3.05, 3.63) is 24.5 Å². The molecule has 1 heterocycles. The van der Waals surface area contributed by atoms with Crippen molar-refractivity contribution in [2.45, 2.75) is 66.2 Å². The average Bonchev–Trinajstić information content (AvgIpc) is 2.43. The fourth-order valence-corrected chi connectivity index (χ4v) is 18.5. The standard InChI is InChI=1S/C5H4N.2C4H9.C3H7.Sn/c1-2-4-6-5-3-1;2*1-3-4-2;1-3-2;/h1-2,4-5H;2*1,3-4H2,2H3;1,3H2,2H3;. The Balaban J connectivity index is 2.94. The van der Waals surface area contributed by atoms with Crippen LogP contribution < -0.4 is 3.58 Å². The SMILES string of the molecule is CCC[CH2][Sn]([CH2]CC)([CH2]CCC)[c]1cccnc1. The van der Waals surface area contributed by atoms with Crippen molar-refractivity contribution in [2.24, 2.45) is 0 Å². The predicted octanol–water partition coefficient (Wildman–Crippen LogP) is 4.75. The Hall–Kier alpha value is -0.0513. The van der Waals surface area contributed by atoms with Crippen LogP contribution in [0.1, 0.15) is 52.9 Å². The van der Waals surface area contributed by atoms with Gasteiger partial charge in [0.25, 0.3) is 0 Å². The van der Waals surface area contributed by atoms with Crippen LogP contribution in [0.25, 0.3) is 0 Å². The molecule has 0 bridgehead atoms. The summed E-state index contributed by atoms with van der Waals surface area (Å²) in [5, 5.41) is 0. The zero-order valence-electron chi connectivity index (χ0n) is 12.4. The molecule has 0 amide bonds. The van der Waals surface area contributed by atoms with Gasteiger partial charge in [-0.25, -0.2) is 0 Å². The van der Waals surface area contributed by atoms with Crippen molar-refractivity contribution in [3.63, 3.8) is 0 Å². The van der Waals surface area contributed by atoms with Crippen molar-refractivity contribution in [1.82, 2.24) is 4.98 Å². The number of nitrogens with zero attached hydrogens (tertiary/aromatic N) is 1. The molecule has 2 heteroatoms. The van der Waals surface area contributed by atoms with Crippen molar-refractivity contribution >= 4 is 22.0 Å². The molecule has 1 aromatic rings. The Labute approximate surface area is 117 Å². The van der Waals surface area contributed by atoms with E-state index in [4.69, 9.17) is 0 Å². The fourth-order valence-electron chi connectivity index (χ4n) is 2.99. The van der Waals surface area contributed by atoms with Gasteiger partial charge in [-0.2, -0.15) is 0 Å². The third-order valence-corrected chi connectivity index (χ3v) is 20.0. The molecule has 0 saturated carbocycles.